The first-order chi connectivity index (χ1) is 16.6. The lowest BCUT2D eigenvalue weighted by Gasteiger charge is -2.37. The number of hydrogen-bond donors (Lipinski definition) is 3. The number of nitrogens with one attached hydrogen (secondary N) is 3. The monoisotopic (exact) mass is 452 g/mol. The standard InChI is InChI=1S/C26H28N8/c1-17-15-34(16-18(2)31-17)23-5-3-4-20(32-23)13-29-22-6-8-28-26-25(22)21(14-30-26)19-7-10-33-11-9-27-24(33)12-19/h3-12,14,17-18,31H,13,15-16H2,1-2H3,(H2,28,29,30)/t17-,18+. The highest BCUT2D eigenvalue weighted by atomic mass is 15.3. The molecular weight excluding hydrogens is 424 g/mol. The first-order valence-electron chi connectivity index (χ1n) is 11.7. The van der Waals surface area contributed by atoms with E-state index in [2.05, 4.69) is 74.7 Å². The summed E-state index contributed by atoms with van der Waals surface area (Å²) in [7, 11) is 0. The molecule has 5 aromatic heterocycles. The maximum Gasteiger partial charge on any atom is 0.139 e. The van der Waals surface area contributed by atoms with Crippen LogP contribution in [0.1, 0.15) is 19.5 Å². The van der Waals surface area contributed by atoms with Gasteiger partial charge in [0.1, 0.15) is 17.1 Å². The van der Waals surface area contributed by atoms with Crippen molar-refractivity contribution in [2.75, 3.05) is 23.3 Å². The SMILES string of the molecule is C[C@@H]1CN(c2cccc(CNc3ccnc4[nH]cc(-c5ccn6ccnc6c5)c34)n2)C[C@H](C)N1. The van der Waals surface area contributed by atoms with Crippen molar-refractivity contribution in [3.05, 3.63) is 73.1 Å². The van der Waals surface area contributed by atoms with Crippen molar-refractivity contribution >= 4 is 28.2 Å². The molecule has 0 radical (unpaired) electrons. The van der Waals surface area contributed by atoms with Crippen LogP contribution in [0.25, 0.3) is 27.8 Å². The minimum atomic E-state index is 0.450. The van der Waals surface area contributed by atoms with E-state index in [1.807, 2.05) is 41.5 Å². The molecule has 1 aliphatic heterocycles. The highest BCUT2D eigenvalue weighted by Crippen LogP contribution is 2.33. The smallest absolute Gasteiger partial charge is 0.139 e. The molecule has 6 heterocycles. The quantitative estimate of drug-likeness (QED) is 0.373. The molecule has 0 aliphatic carbocycles. The van der Waals surface area contributed by atoms with Crippen molar-refractivity contribution < 1.29 is 0 Å². The van der Waals surface area contributed by atoms with Gasteiger partial charge < -0.3 is 24.9 Å². The van der Waals surface area contributed by atoms with Crippen LogP contribution in [0.5, 0.6) is 0 Å². The third kappa shape index (κ3) is 3.86. The Labute approximate surface area is 198 Å². The van der Waals surface area contributed by atoms with Crippen LogP contribution in [0.4, 0.5) is 11.5 Å². The number of piperazine rings is 1. The second-order valence-electron chi connectivity index (χ2n) is 9.11. The number of anilines is 2. The molecule has 2 atom stereocenters. The summed E-state index contributed by atoms with van der Waals surface area (Å²) in [5, 5.41) is 8.26. The number of pyridine rings is 3. The molecule has 1 saturated heterocycles. The van der Waals surface area contributed by atoms with Crippen LogP contribution in [0, 0.1) is 0 Å². The van der Waals surface area contributed by atoms with Gasteiger partial charge in [-0.15, -0.1) is 0 Å². The first kappa shape index (κ1) is 20.7. The summed E-state index contributed by atoms with van der Waals surface area (Å²) in [6, 6.07) is 13.4. The van der Waals surface area contributed by atoms with Gasteiger partial charge in [-0.3, -0.25) is 0 Å². The molecule has 6 rings (SSSR count). The molecule has 0 amide bonds. The lowest BCUT2D eigenvalue weighted by Crippen LogP contribution is -2.54. The Bertz CT molecular complexity index is 1440. The van der Waals surface area contributed by atoms with E-state index in [0.29, 0.717) is 18.6 Å². The van der Waals surface area contributed by atoms with E-state index >= 15 is 0 Å². The fourth-order valence-corrected chi connectivity index (χ4v) is 4.95. The maximum atomic E-state index is 4.96. The molecule has 34 heavy (non-hydrogen) atoms. The van der Waals surface area contributed by atoms with Crippen LogP contribution in [0.15, 0.2) is 67.4 Å². The maximum absolute atomic E-state index is 4.96. The predicted molar refractivity (Wildman–Crippen MR) is 136 cm³/mol. The fraction of sp³-hybridized carbons (Fsp3) is 0.269. The van der Waals surface area contributed by atoms with Gasteiger partial charge in [-0.25, -0.2) is 15.0 Å². The number of H-pyrrole nitrogens is 1. The normalized spacial score (nSPS) is 18.6. The number of aromatic nitrogens is 5. The van der Waals surface area contributed by atoms with E-state index in [1.165, 1.54) is 0 Å². The van der Waals surface area contributed by atoms with Crippen LogP contribution in [-0.2, 0) is 6.54 Å². The number of nitrogens with zero attached hydrogens (tertiary/aromatic N) is 5. The molecule has 172 valence electrons. The third-order valence-corrected chi connectivity index (χ3v) is 6.42. The highest BCUT2D eigenvalue weighted by molar-refractivity contribution is 6.02. The number of imidazole rings is 1. The Morgan fingerprint density at radius 1 is 1.03 bits per heavy atom. The van der Waals surface area contributed by atoms with E-state index < -0.39 is 0 Å². The van der Waals surface area contributed by atoms with Crippen LogP contribution >= 0.6 is 0 Å². The molecule has 8 nitrogen and oxygen atoms in total. The van der Waals surface area contributed by atoms with Gasteiger partial charge >= 0.3 is 0 Å². The number of hydrogen-bond acceptors (Lipinski definition) is 6. The molecule has 0 spiro atoms. The lowest BCUT2D eigenvalue weighted by molar-refractivity contribution is 0.405. The molecule has 3 N–H and O–H groups in total. The molecule has 1 aliphatic rings. The van der Waals surface area contributed by atoms with Crippen molar-refractivity contribution in [3.63, 3.8) is 0 Å². The fourth-order valence-electron chi connectivity index (χ4n) is 4.95. The van der Waals surface area contributed by atoms with Crippen molar-refractivity contribution in [2.45, 2.75) is 32.5 Å². The number of rotatable bonds is 5. The van der Waals surface area contributed by atoms with Gasteiger partial charge in [-0.1, -0.05) is 6.07 Å². The Morgan fingerprint density at radius 2 is 1.91 bits per heavy atom. The molecule has 0 bridgehead atoms. The van der Waals surface area contributed by atoms with Gasteiger partial charge in [-0.2, -0.15) is 0 Å². The zero-order chi connectivity index (χ0) is 23.1. The van der Waals surface area contributed by atoms with Crippen molar-refractivity contribution in [2.24, 2.45) is 0 Å². The van der Waals surface area contributed by atoms with Crippen LogP contribution in [0.3, 0.4) is 0 Å². The molecule has 1 fully saturated rings. The Hall–Kier alpha value is -3.91. The summed E-state index contributed by atoms with van der Waals surface area (Å²) >= 11 is 0. The number of fused-ring (bicyclic) bond motifs is 2. The van der Waals surface area contributed by atoms with E-state index in [-0.39, 0.29) is 0 Å². The molecular formula is C26H28N8. The summed E-state index contributed by atoms with van der Waals surface area (Å²) in [6.07, 6.45) is 9.64. The van der Waals surface area contributed by atoms with Crippen molar-refractivity contribution in [3.8, 4) is 11.1 Å². The molecule has 8 heteroatoms. The van der Waals surface area contributed by atoms with Gasteiger partial charge in [0.2, 0.25) is 0 Å². The van der Waals surface area contributed by atoms with Gasteiger partial charge in [0, 0.05) is 72.8 Å². The molecule has 0 saturated carbocycles. The van der Waals surface area contributed by atoms with E-state index in [9.17, 15) is 0 Å². The average Bonchev–Trinajstić information content (AvgIpc) is 3.49. The van der Waals surface area contributed by atoms with E-state index in [0.717, 1.165) is 58.1 Å². The first-order valence-corrected chi connectivity index (χ1v) is 11.7. The summed E-state index contributed by atoms with van der Waals surface area (Å²) in [5.41, 5.74) is 6.01. The lowest BCUT2D eigenvalue weighted by atomic mass is 10.1. The number of aromatic amines is 1. The highest BCUT2D eigenvalue weighted by Gasteiger charge is 2.22. The minimum Gasteiger partial charge on any atom is -0.379 e. The van der Waals surface area contributed by atoms with E-state index in [4.69, 9.17) is 4.98 Å². The van der Waals surface area contributed by atoms with Crippen LogP contribution in [0.2, 0.25) is 0 Å². The second kappa shape index (κ2) is 8.46. The molecule has 0 unspecified atom stereocenters. The predicted octanol–water partition coefficient (Wildman–Crippen LogP) is 4.07. The zero-order valence-corrected chi connectivity index (χ0v) is 19.4. The van der Waals surface area contributed by atoms with Crippen LogP contribution < -0.4 is 15.5 Å². The Balaban J connectivity index is 1.28. The summed E-state index contributed by atoms with van der Waals surface area (Å²) in [5.74, 6) is 1.04. The minimum absolute atomic E-state index is 0.450. The topological polar surface area (TPSA) is 86.2 Å². The largest absolute Gasteiger partial charge is 0.379 e. The Morgan fingerprint density at radius 3 is 2.79 bits per heavy atom. The molecule has 0 aromatic carbocycles. The van der Waals surface area contributed by atoms with Gasteiger partial charge in [0.25, 0.3) is 0 Å². The van der Waals surface area contributed by atoms with Crippen LogP contribution in [-0.4, -0.2) is 49.5 Å². The van der Waals surface area contributed by atoms with Gasteiger partial charge in [0.15, 0.2) is 0 Å². The Kier molecular flexibility index (Phi) is 5.15. The summed E-state index contributed by atoms with van der Waals surface area (Å²) in [4.78, 5) is 19.6. The third-order valence-electron chi connectivity index (χ3n) is 6.42. The van der Waals surface area contributed by atoms with E-state index in [1.54, 1.807) is 0 Å². The van der Waals surface area contributed by atoms with Gasteiger partial charge in [-0.05, 0) is 49.7 Å². The zero-order valence-electron chi connectivity index (χ0n) is 19.4. The van der Waals surface area contributed by atoms with Gasteiger partial charge in [0.05, 0.1) is 12.2 Å². The average molecular weight is 453 g/mol. The molecule has 5 aromatic rings. The second-order valence-corrected chi connectivity index (χ2v) is 9.11. The van der Waals surface area contributed by atoms with Crippen molar-refractivity contribution in [1.29, 1.82) is 0 Å². The van der Waals surface area contributed by atoms with Crippen molar-refractivity contribution in [1.82, 2.24) is 29.7 Å². The summed E-state index contributed by atoms with van der Waals surface area (Å²) in [6.45, 7) is 7.01. The summed E-state index contributed by atoms with van der Waals surface area (Å²) < 4.78 is 2.01.